The lowest BCUT2D eigenvalue weighted by Crippen LogP contribution is -2.30. The highest BCUT2D eigenvalue weighted by atomic mass is 32.2. The van der Waals surface area contributed by atoms with Crippen LogP contribution in [-0.4, -0.2) is 30.5 Å². The molecule has 0 unspecified atom stereocenters. The summed E-state index contributed by atoms with van der Waals surface area (Å²) in [6, 6.07) is 11.3. The van der Waals surface area contributed by atoms with Gasteiger partial charge in [-0.1, -0.05) is 6.07 Å². The smallest absolute Gasteiger partial charge is 0.307 e. The first kappa shape index (κ1) is 20.1. The first-order valence-electron chi connectivity index (χ1n) is 9.02. The maximum absolute atomic E-state index is 12.2. The molecule has 1 aliphatic heterocycles. The van der Waals surface area contributed by atoms with Crippen molar-refractivity contribution in [1.29, 1.82) is 0 Å². The van der Waals surface area contributed by atoms with Crippen LogP contribution >= 0.6 is 11.8 Å². The first-order chi connectivity index (χ1) is 13.4. The second-order valence-electron chi connectivity index (χ2n) is 6.53. The van der Waals surface area contributed by atoms with Gasteiger partial charge in [-0.2, -0.15) is 0 Å². The summed E-state index contributed by atoms with van der Waals surface area (Å²) in [5.74, 6) is 1.01. The summed E-state index contributed by atoms with van der Waals surface area (Å²) < 4.78 is 15.8. The molecule has 1 atom stereocenters. The van der Waals surface area contributed by atoms with Crippen molar-refractivity contribution in [3.05, 3.63) is 47.5 Å². The summed E-state index contributed by atoms with van der Waals surface area (Å²) in [6.07, 6.45) is -0.649. The molecule has 0 radical (unpaired) electrons. The number of amides is 1. The zero-order valence-corrected chi connectivity index (χ0v) is 16.9. The normalized spacial score (nSPS) is 13.1. The number of ether oxygens (including phenoxy) is 3. The Morgan fingerprint density at radius 3 is 2.68 bits per heavy atom. The number of hydrogen-bond donors (Lipinski definition) is 1. The minimum Gasteiger partial charge on any atom is -0.454 e. The molecule has 0 aromatic heterocycles. The van der Waals surface area contributed by atoms with E-state index < -0.39 is 18.0 Å². The van der Waals surface area contributed by atoms with E-state index in [4.69, 9.17) is 14.2 Å². The highest BCUT2D eigenvalue weighted by Gasteiger charge is 2.19. The lowest BCUT2D eigenvalue weighted by atomic mass is 10.1. The third-order valence-corrected chi connectivity index (χ3v) is 5.37. The number of thioether (sulfide) groups is 1. The van der Waals surface area contributed by atoms with Gasteiger partial charge in [0.2, 0.25) is 6.79 Å². The van der Waals surface area contributed by atoms with Crippen molar-refractivity contribution in [3.8, 4) is 11.5 Å². The van der Waals surface area contributed by atoms with Gasteiger partial charge >= 0.3 is 5.97 Å². The molecule has 0 fully saturated rings. The van der Waals surface area contributed by atoms with Crippen molar-refractivity contribution in [2.24, 2.45) is 0 Å². The fraction of sp³-hybridized carbons (Fsp3) is 0.333. The molecule has 1 amide bonds. The number of aryl methyl sites for hydroxylation is 2. The highest BCUT2D eigenvalue weighted by molar-refractivity contribution is 7.99. The number of carbonyl (C=O) groups is 2. The number of benzene rings is 2. The van der Waals surface area contributed by atoms with Gasteiger partial charge in [-0.25, -0.2) is 0 Å². The van der Waals surface area contributed by atoms with Gasteiger partial charge < -0.3 is 19.5 Å². The second-order valence-corrected chi connectivity index (χ2v) is 7.70. The Morgan fingerprint density at radius 2 is 1.89 bits per heavy atom. The summed E-state index contributed by atoms with van der Waals surface area (Å²) in [4.78, 5) is 25.4. The summed E-state index contributed by atoms with van der Waals surface area (Å²) in [6.45, 7) is 5.85. The zero-order valence-electron chi connectivity index (χ0n) is 16.1. The molecule has 28 heavy (non-hydrogen) atoms. The third kappa shape index (κ3) is 5.19. The minimum atomic E-state index is -0.885. The largest absolute Gasteiger partial charge is 0.454 e. The van der Waals surface area contributed by atoms with E-state index >= 15 is 0 Å². The third-order valence-electron chi connectivity index (χ3n) is 4.37. The molecule has 0 bridgehead atoms. The lowest BCUT2D eigenvalue weighted by Gasteiger charge is -2.14. The van der Waals surface area contributed by atoms with Gasteiger partial charge in [0.15, 0.2) is 17.6 Å². The summed E-state index contributed by atoms with van der Waals surface area (Å²) >= 11 is 1.59. The average molecular weight is 401 g/mol. The Kier molecular flexibility index (Phi) is 6.46. The molecule has 148 valence electrons. The molecular formula is C21H23NO5S. The Labute approximate surface area is 168 Å². The van der Waals surface area contributed by atoms with Gasteiger partial charge in [-0.3, -0.25) is 9.59 Å². The van der Waals surface area contributed by atoms with Gasteiger partial charge in [0.05, 0.1) is 6.42 Å². The first-order valence-corrected chi connectivity index (χ1v) is 10.0. The Balaban J connectivity index is 1.43. The topological polar surface area (TPSA) is 73.9 Å². The van der Waals surface area contributed by atoms with E-state index in [1.807, 2.05) is 6.07 Å². The van der Waals surface area contributed by atoms with Gasteiger partial charge in [-0.05, 0) is 56.2 Å². The number of esters is 1. The minimum absolute atomic E-state index is 0.168. The van der Waals surface area contributed by atoms with Gasteiger partial charge in [0.1, 0.15) is 0 Å². The van der Waals surface area contributed by atoms with Crippen LogP contribution in [0.2, 0.25) is 0 Å². The molecule has 1 heterocycles. The number of nitrogens with one attached hydrogen (secondary N) is 1. The molecule has 2 aromatic rings. The Hall–Kier alpha value is -2.67. The molecule has 7 heteroatoms. The van der Waals surface area contributed by atoms with Gasteiger partial charge in [-0.15, -0.1) is 11.8 Å². The molecular weight excluding hydrogens is 378 g/mol. The molecule has 0 saturated carbocycles. The highest BCUT2D eigenvalue weighted by Crippen LogP contribution is 2.34. The van der Waals surface area contributed by atoms with Crippen LogP contribution in [-0.2, 0) is 14.3 Å². The summed E-state index contributed by atoms with van der Waals surface area (Å²) in [7, 11) is 0. The van der Waals surface area contributed by atoms with E-state index in [1.54, 1.807) is 36.9 Å². The predicted molar refractivity (Wildman–Crippen MR) is 108 cm³/mol. The standard InChI is InChI=1S/C21H23NO5S/c1-13-4-6-17(10-14(13)2)28-9-8-20(23)27-15(3)21(24)22-16-5-7-18-19(11-16)26-12-25-18/h4-7,10-11,15H,8-9,12H2,1-3H3,(H,22,24)/t15-/m0/s1. The quantitative estimate of drug-likeness (QED) is 0.557. The van der Waals surface area contributed by atoms with Crippen molar-refractivity contribution in [3.63, 3.8) is 0 Å². The fourth-order valence-electron chi connectivity index (χ4n) is 2.58. The van der Waals surface area contributed by atoms with Crippen LogP contribution in [0.1, 0.15) is 24.5 Å². The van der Waals surface area contributed by atoms with E-state index in [2.05, 4.69) is 31.3 Å². The summed E-state index contributed by atoms with van der Waals surface area (Å²) in [5, 5.41) is 2.71. The van der Waals surface area contributed by atoms with E-state index in [0.717, 1.165) is 4.90 Å². The average Bonchev–Trinajstić information content (AvgIpc) is 3.12. The van der Waals surface area contributed by atoms with E-state index in [1.165, 1.54) is 11.1 Å². The molecule has 0 aliphatic carbocycles. The van der Waals surface area contributed by atoms with Crippen molar-refractivity contribution in [2.75, 3.05) is 17.9 Å². The van der Waals surface area contributed by atoms with Crippen LogP contribution in [0, 0.1) is 13.8 Å². The van der Waals surface area contributed by atoms with Crippen LogP contribution in [0.3, 0.4) is 0 Å². The maximum atomic E-state index is 12.2. The monoisotopic (exact) mass is 401 g/mol. The second kappa shape index (κ2) is 9.01. The van der Waals surface area contributed by atoms with Crippen molar-refractivity contribution in [1.82, 2.24) is 0 Å². The summed E-state index contributed by atoms with van der Waals surface area (Å²) in [5.41, 5.74) is 3.02. The lowest BCUT2D eigenvalue weighted by molar-refractivity contribution is -0.152. The predicted octanol–water partition coefficient (Wildman–Crippen LogP) is 4.08. The molecule has 1 N–H and O–H groups in total. The van der Waals surface area contributed by atoms with Crippen molar-refractivity contribution < 1.29 is 23.8 Å². The molecule has 0 spiro atoms. The van der Waals surface area contributed by atoms with Crippen LogP contribution in [0.5, 0.6) is 11.5 Å². The molecule has 3 rings (SSSR count). The Morgan fingerprint density at radius 1 is 1.11 bits per heavy atom. The van der Waals surface area contributed by atoms with Crippen LogP contribution in [0.4, 0.5) is 5.69 Å². The molecule has 6 nitrogen and oxygen atoms in total. The number of carbonyl (C=O) groups excluding carboxylic acids is 2. The van der Waals surface area contributed by atoms with Crippen LogP contribution in [0.15, 0.2) is 41.3 Å². The number of anilines is 1. The SMILES string of the molecule is Cc1ccc(SCCC(=O)O[C@@H](C)C(=O)Nc2ccc3c(c2)OCO3)cc1C. The van der Waals surface area contributed by atoms with Gasteiger partial charge in [0.25, 0.3) is 5.91 Å². The Bertz CT molecular complexity index is 883. The van der Waals surface area contributed by atoms with Crippen molar-refractivity contribution in [2.45, 2.75) is 38.2 Å². The maximum Gasteiger partial charge on any atom is 0.307 e. The zero-order chi connectivity index (χ0) is 20.1. The fourth-order valence-corrected chi connectivity index (χ4v) is 3.51. The molecule has 0 saturated heterocycles. The van der Waals surface area contributed by atoms with Crippen molar-refractivity contribution >= 4 is 29.3 Å². The van der Waals surface area contributed by atoms with Crippen LogP contribution < -0.4 is 14.8 Å². The number of rotatable bonds is 7. The van der Waals surface area contributed by atoms with E-state index in [9.17, 15) is 9.59 Å². The number of fused-ring (bicyclic) bond motifs is 1. The van der Waals surface area contributed by atoms with E-state index in [0.29, 0.717) is 22.9 Å². The molecule has 2 aromatic carbocycles. The van der Waals surface area contributed by atoms with Crippen LogP contribution in [0.25, 0.3) is 0 Å². The van der Waals surface area contributed by atoms with Gasteiger partial charge in [0, 0.05) is 22.4 Å². The van der Waals surface area contributed by atoms with E-state index in [-0.39, 0.29) is 13.2 Å². The molecule has 1 aliphatic rings. The number of hydrogen-bond acceptors (Lipinski definition) is 6.